The highest BCUT2D eigenvalue weighted by Gasteiger charge is 2.03. The molecule has 11 heavy (non-hydrogen) atoms. The van der Waals surface area contributed by atoms with Crippen molar-refractivity contribution in [2.75, 3.05) is 6.61 Å². The van der Waals surface area contributed by atoms with Crippen molar-refractivity contribution in [3.8, 4) is 0 Å². The lowest BCUT2D eigenvalue weighted by Gasteiger charge is -2.14. The highest BCUT2D eigenvalue weighted by Crippen LogP contribution is 2.05. The monoisotopic (exact) mass is 158 g/mol. The SMILES string of the molecule is CCC=C(C)OC(CC)CO. The van der Waals surface area contributed by atoms with Crippen molar-refractivity contribution in [1.29, 1.82) is 0 Å². The molecule has 66 valence electrons. The Hall–Kier alpha value is -0.500. The van der Waals surface area contributed by atoms with Crippen LogP contribution in [0.5, 0.6) is 0 Å². The van der Waals surface area contributed by atoms with Crippen LogP contribution >= 0.6 is 0 Å². The quantitative estimate of drug-likeness (QED) is 0.621. The molecular formula is C9H18O2. The van der Waals surface area contributed by atoms with E-state index in [-0.39, 0.29) is 12.7 Å². The Bertz CT molecular complexity index is 115. The molecule has 0 saturated heterocycles. The van der Waals surface area contributed by atoms with E-state index in [2.05, 4.69) is 6.92 Å². The smallest absolute Gasteiger partial charge is 0.121 e. The maximum atomic E-state index is 8.79. The van der Waals surface area contributed by atoms with E-state index in [1.165, 1.54) is 0 Å². The van der Waals surface area contributed by atoms with Gasteiger partial charge in [0.2, 0.25) is 0 Å². The lowest BCUT2D eigenvalue weighted by atomic mass is 10.3. The highest BCUT2D eigenvalue weighted by molar-refractivity contribution is 4.88. The van der Waals surface area contributed by atoms with Crippen LogP contribution in [-0.4, -0.2) is 17.8 Å². The second-order valence-corrected chi connectivity index (χ2v) is 2.55. The van der Waals surface area contributed by atoms with E-state index < -0.39 is 0 Å². The van der Waals surface area contributed by atoms with Gasteiger partial charge in [-0.15, -0.1) is 0 Å². The van der Waals surface area contributed by atoms with Gasteiger partial charge in [0, 0.05) is 0 Å². The molecular weight excluding hydrogens is 140 g/mol. The maximum absolute atomic E-state index is 8.79. The summed E-state index contributed by atoms with van der Waals surface area (Å²) in [6, 6.07) is 0. The molecule has 0 radical (unpaired) electrons. The van der Waals surface area contributed by atoms with Gasteiger partial charge in [-0.2, -0.15) is 0 Å². The zero-order valence-electron chi connectivity index (χ0n) is 7.63. The predicted molar refractivity (Wildman–Crippen MR) is 46.3 cm³/mol. The Morgan fingerprint density at radius 1 is 1.55 bits per heavy atom. The van der Waals surface area contributed by atoms with Crippen LogP contribution in [0.25, 0.3) is 0 Å². The Kier molecular flexibility index (Phi) is 5.94. The molecule has 0 amide bonds. The summed E-state index contributed by atoms with van der Waals surface area (Å²) < 4.78 is 5.40. The molecule has 0 rings (SSSR count). The van der Waals surface area contributed by atoms with Gasteiger partial charge in [0.25, 0.3) is 0 Å². The van der Waals surface area contributed by atoms with Gasteiger partial charge in [-0.05, 0) is 25.8 Å². The number of aliphatic hydroxyl groups excluding tert-OH is 1. The van der Waals surface area contributed by atoms with Gasteiger partial charge in [-0.3, -0.25) is 0 Å². The van der Waals surface area contributed by atoms with E-state index in [1.807, 2.05) is 19.9 Å². The molecule has 2 nitrogen and oxygen atoms in total. The van der Waals surface area contributed by atoms with E-state index in [9.17, 15) is 0 Å². The van der Waals surface area contributed by atoms with Crippen LogP contribution in [0, 0.1) is 0 Å². The van der Waals surface area contributed by atoms with Crippen LogP contribution in [-0.2, 0) is 4.74 Å². The van der Waals surface area contributed by atoms with Crippen LogP contribution in [0.15, 0.2) is 11.8 Å². The van der Waals surface area contributed by atoms with Crippen molar-refractivity contribution in [2.24, 2.45) is 0 Å². The normalized spacial score (nSPS) is 14.7. The third-order valence-corrected chi connectivity index (χ3v) is 1.50. The van der Waals surface area contributed by atoms with Gasteiger partial charge in [0.15, 0.2) is 0 Å². The van der Waals surface area contributed by atoms with E-state index in [1.54, 1.807) is 0 Å². The van der Waals surface area contributed by atoms with E-state index in [4.69, 9.17) is 9.84 Å². The molecule has 1 unspecified atom stereocenters. The molecule has 0 aromatic heterocycles. The first kappa shape index (κ1) is 10.5. The second kappa shape index (κ2) is 6.23. The molecule has 1 N–H and O–H groups in total. The van der Waals surface area contributed by atoms with Crippen molar-refractivity contribution in [1.82, 2.24) is 0 Å². The summed E-state index contributed by atoms with van der Waals surface area (Å²) in [6.07, 6.45) is 3.81. The number of hydrogen-bond donors (Lipinski definition) is 1. The van der Waals surface area contributed by atoms with E-state index >= 15 is 0 Å². The molecule has 0 fully saturated rings. The van der Waals surface area contributed by atoms with Gasteiger partial charge in [0.05, 0.1) is 12.4 Å². The summed E-state index contributed by atoms with van der Waals surface area (Å²) in [4.78, 5) is 0. The first-order valence-corrected chi connectivity index (χ1v) is 4.18. The minimum Gasteiger partial charge on any atom is -0.493 e. The fourth-order valence-corrected chi connectivity index (χ4v) is 0.848. The van der Waals surface area contributed by atoms with Gasteiger partial charge < -0.3 is 9.84 Å². The topological polar surface area (TPSA) is 29.5 Å². The molecule has 0 bridgehead atoms. The van der Waals surface area contributed by atoms with Crippen LogP contribution < -0.4 is 0 Å². The van der Waals surface area contributed by atoms with Crippen LogP contribution in [0.1, 0.15) is 33.6 Å². The molecule has 0 aliphatic heterocycles. The zero-order valence-corrected chi connectivity index (χ0v) is 7.63. The Morgan fingerprint density at radius 3 is 2.55 bits per heavy atom. The fraction of sp³-hybridized carbons (Fsp3) is 0.778. The van der Waals surface area contributed by atoms with Crippen LogP contribution in [0.4, 0.5) is 0 Å². The molecule has 1 atom stereocenters. The molecule has 0 aromatic carbocycles. The molecule has 0 heterocycles. The third-order valence-electron chi connectivity index (χ3n) is 1.50. The van der Waals surface area contributed by atoms with Gasteiger partial charge >= 0.3 is 0 Å². The Balaban J connectivity index is 3.71. The van der Waals surface area contributed by atoms with Crippen molar-refractivity contribution < 1.29 is 9.84 Å². The number of allylic oxidation sites excluding steroid dienone is 2. The maximum Gasteiger partial charge on any atom is 0.121 e. The molecule has 0 aliphatic rings. The van der Waals surface area contributed by atoms with Gasteiger partial charge in [-0.1, -0.05) is 13.8 Å². The molecule has 2 heteroatoms. The largest absolute Gasteiger partial charge is 0.493 e. The molecule has 0 saturated carbocycles. The number of hydrogen-bond acceptors (Lipinski definition) is 2. The Labute approximate surface area is 68.9 Å². The standard InChI is InChI=1S/C9H18O2/c1-4-6-8(3)11-9(5-2)7-10/h6,9-10H,4-5,7H2,1-3H3. The average molecular weight is 158 g/mol. The second-order valence-electron chi connectivity index (χ2n) is 2.55. The molecule has 0 aliphatic carbocycles. The van der Waals surface area contributed by atoms with Crippen molar-refractivity contribution >= 4 is 0 Å². The van der Waals surface area contributed by atoms with Gasteiger partial charge in [0.1, 0.15) is 6.10 Å². The van der Waals surface area contributed by atoms with Gasteiger partial charge in [-0.25, -0.2) is 0 Å². The zero-order chi connectivity index (χ0) is 8.69. The Morgan fingerprint density at radius 2 is 2.18 bits per heavy atom. The first-order valence-electron chi connectivity index (χ1n) is 4.18. The van der Waals surface area contributed by atoms with E-state index in [0.717, 1.165) is 18.6 Å². The van der Waals surface area contributed by atoms with Crippen LogP contribution in [0.2, 0.25) is 0 Å². The summed E-state index contributed by atoms with van der Waals surface area (Å²) in [6.45, 7) is 6.08. The lowest BCUT2D eigenvalue weighted by molar-refractivity contribution is 0.0568. The molecule has 0 spiro atoms. The number of ether oxygens (including phenoxy) is 1. The van der Waals surface area contributed by atoms with Crippen LogP contribution in [0.3, 0.4) is 0 Å². The van der Waals surface area contributed by atoms with Crippen molar-refractivity contribution in [3.63, 3.8) is 0 Å². The highest BCUT2D eigenvalue weighted by atomic mass is 16.5. The number of rotatable bonds is 5. The number of aliphatic hydroxyl groups is 1. The van der Waals surface area contributed by atoms with Crippen molar-refractivity contribution in [2.45, 2.75) is 39.7 Å². The predicted octanol–water partition coefficient (Wildman–Crippen LogP) is 2.09. The minimum atomic E-state index is -0.0298. The summed E-state index contributed by atoms with van der Waals surface area (Å²) >= 11 is 0. The summed E-state index contributed by atoms with van der Waals surface area (Å²) in [5, 5.41) is 8.79. The summed E-state index contributed by atoms with van der Waals surface area (Å²) in [5.74, 6) is 0.911. The summed E-state index contributed by atoms with van der Waals surface area (Å²) in [5.41, 5.74) is 0. The summed E-state index contributed by atoms with van der Waals surface area (Å²) in [7, 11) is 0. The first-order chi connectivity index (χ1) is 5.24. The van der Waals surface area contributed by atoms with Crippen molar-refractivity contribution in [3.05, 3.63) is 11.8 Å². The fourth-order valence-electron chi connectivity index (χ4n) is 0.848. The molecule has 0 aromatic rings. The van der Waals surface area contributed by atoms with E-state index in [0.29, 0.717) is 0 Å². The third kappa shape index (κ3) is 4.85. The lowest BCUT2D eigenvalue weighted by Crippen LogP contribution is -2.15. The minimum absolute atomic E-state index is 0.0298. The average Bonchev–Trinajstić information content (AvgIpc) is 2.01.